The van der Waals surface area contributed by atoms with E-state index in [-0.39, 0.29) is 11.9 Å². The molecule has 0 bridgehead atoms. The van der Waals surface area contributed by atoms with E-state index in [9.17, 15) is 9.59 Å². The number of amides is 3. The van der Waals surface area contributed by atoms with E-state index in [4.69, 9.17) is 4.74 Å². The van der Waals surface area contributed by atoms with Crippen LogP contribution in [0.25, 0.3) is 0 Å². The summed E-state index contributed by atoms with van der Waals surface area (Å²) in [5.74, 6) is 0.580. The normalized spacial score (nSPS) is 16.2. The average molecular weight is 325 g/mol. The van der Waals surface area contributed by atoms with Gasteiger partial charge in [-0.2, -0.15) is 0 Å². The molecule has 1 heterocycles. The van der Waals surface area contributed by atoms with Crippen LogP contribution in [0.3, 0.4) is 0 Å². The van der Waals surface area contributed by atoms with Gasteiger partial charge in [0.15, 0.2) is 6.10 Å². The lowest BCUT2D eigenvalue weighted by atomic mass is 10.1. The molecule has 1 atom stereocenters. The van der Waals surface area contributed by atoms with Crippen LogP contribution in [0.2, 0.25) is 0 Å². The van der Waals surface area contributed by atoms with Gasteiger partial charge in [0, 0.05) is 19.3 Å². The quantitative estimate of drug-likeness (QED) is 0.911. The fraction of sp³-hybridized carbons (Fsp3) is 0.222. The number of fused-ring (bicyclic) bond motifs is 1. The predicted molar refractivity (Wildman–Crippen MR) is 92.2 cm³/mol. The molecule has 2 aromatic carbocycles. The second-order valence-corrected chi connectivity index (χ2v) is 5.63. The van der Waals surface area contributed by atoms with Crippen LogP contribution >= 0.6 is 0 Å². The molecule has 3 rings (SSSR count). The number of anilines is 2. The van der Waals surface area contributed by atoms with Crippen molar-refractivity contribution in [3.63, 3.8) is 0 Å². The molecule has 1 unspecified atom stereocenters. The van der Waals surface area contributed by atoms with Crippen molar-refractivity contribution in [1.29, 1.82) is 0 Å². The molecule has 1 aliphatic heterocycles. The van der Waals surface area contributed by atoms with Gasteiger partial charge in [-0.1, -0.05) is 24.3 Å². The summed E-state index contributed by atoms with van der Waals surface area (Å²) in [7, 11) is 1.72. The summed E-state index contributed by atoms with van der Waals surface area (Å²) < 4.78 is 5.58. The molecule has 6 heteroatoms. The van der Waals surface area contributed by atoms with Crippen LogP contribution in [0, 0.1) is 0 Å². The number of para-hydroxylation sites is 1. The standard InChI is InChI=1S/C18H19N3O3/c1-12-17(22)21(2)15-10-13(8-9-16(15)24-12)11-19-18(23)20-14-6-4-3-5-7-14/h3-10,12H,11H2,1-2H3,(H2,19,20,23). The Balaban J connectivity index is 1.64. The number of nitrogens with one attached hydrogen (secondary N) is 2. The van der Waals surface area contributed by atoms with Gasteiger partial charge in [0.2, 0.25) is 0 Å². The van der Waals surface area contributed by atoms with Crippen molar-refractivity contribution >= 4 is 23.3 Å². The topological polar surface area (TPSA) is 70.7 Å². The number of carbonyl (C=O) groups excluding carboxylic acids is 2. The van der Waals surface area contributed by atoms with Gasteiger partial charge in [-0.05, 0) is 36.8 Å². The van der Waals surface area contributed by atoms with Crippen molar-refractivity contribution in [2.24, 2.45) is 0 Å². The van der Waals surface area contributed by atoms with E-state index in [2.05, 4.69) is 10.6 Å². The number of ether oxygens (including phenoxy) is 1. The Labute approximate surface area is 140 Å². The lowest BCUT2D eigenvalue weighted by molar-refractivity contribution is -0.125. The van der Waals surface area contributed by atoms with Gasteiger partial charge < -0.3 is 20.3 Å². The van der Waals surface area contributed by atoms with E-state index >= 15 is 0 Å². The van der Waals surface area contributed by atoms with E-state index in [0.29, 0.717) is 18.0 Å². The minimum atomic E-state index is -0.483. The molecule has 1 aliphatic rings. The number of benzene rings is 2. The average Bonchev–Trinajstić information content (AvgIpc) is 2.59. The minimum Gasteiger partial charge on any atom is -0.479 e. The molecule has 0 spiro atoms. The molecule has 6 nitrogen and oxygen atoms in total. The minimum absolute atomic E-state index is 0.0885. The number of likely N-dealkylation sites (N-methyl/N-ethyl adjacent to an activating group) is 1. The highest BCUT2D eigenvalue weighted by molar-refractivity contribution is 5.99. The Morgan fingerprint density at radius 2 is 1.96 bits per heavy atom. The SMILES string of the molecule is CC1Oc2ccc(CNC(=O)Nc3ccccc3)cc2N(C)C1=O. The van der Waals surface area contributed by atoms with Gasteiger partial charge in [-0.15, -0.1) is 0 Å². The first-order valence-corrected chi connectivity index (χ1v) is 7.71. The maximum atomic E-state index is 12.0. The van der Waals surface area contributed by atoms with Crippen molar-refractivity contribution in [1.82, 2.24) is 5.32 Å². The van der Waals surface area contributed by atoms with Crippen LogP contribution in [0.5, 0.6) is 5.75 Å². The Morgan fingerprint density at radius 1 is 1.21 bits per heavy atom. The van der Waals surface area contributed by atoms with E-state index in [1.54, 1.807) is 18.9 Å². The number of carbonyl (C=O) groups is 2. The van der Waals surface area contributed by atoms with Gasteiger partial charge >= 0.3 is 6.03 Å². The molecule has 0 fully saturated rings. The molecular weight excluding hydrogens is 306 g/mol. The number of hydrogen-bond donors (Lipinski definition) is 2. The number of rotatable bonds is 3. The van der Waals surface area contributed by atoms with Gasteiger partial charge in [-0.3, -0.25) is 4.79 Å². The molecule has 124 valence electrons. The van der Waals surface area contributed by atoms with Crippen LogP contribution < -0.4 is 20.3 Å². The Hall–Kier alpha value is -3.02. The van der Waals surface area contributed by atoms with Crippen molar-refractivity contribution in [3.05, 3.63) is 54.1 Å². The maximum absolute atomic E-state index is 12.0. The zero-order valence-electron chi connectivity index (χ0n) is 13.6. The molecule has 3 amide bonds. The Morgan fingerprint density at radius 3 is 2.71 bits per heavy atom. The third-order valence-electron chi connectivity index (χ3n) is 3.85. The third kappa shape index (κ3) is 3.32. The van der Waals surface area contributed by atoms with Crippen molar-refractivity contribution < 1.29 is 14.3 Å². The highest BCUT2D eigenvalue weighted by Crippen LogP contribution is 2.33. The van der Waals surface area contributed by atoms with Crippen LogP contribution in [0.4, 0.5) is 16.2 Å². The highest BCUT2D eigenvalue weighted by atomic mass is 16.5. The van der Waals surface area contributed by atoms with Crippen LogP contribution in [0.15, 0.2) is 48.5 Å². The summed E-state index contributed by atoms with van der Waals surface area (Å²) in [6.45, 7) is 2.08. The molecule has 24 heavy (non-hydrogen) atoms. The van der Waals surface area contributed by atoms with Gasteiger partial charge in [-0.25, -0.2) is 4.79 Å². The molecule has 2 aromatic rings. The molecule has 0 aromatic heterocycles. The molecular formula is C18H19N3O3. The summed E-state index contributed by atoms with van der Waals surface area (Å²) in [4.78, 5) is 25.5. The van der Waals surface area contributed by atoms with Crippen molar-refractivity contribution in [3.8, 4) is 5.75 Å². The summed E-state index contributed by atoms with van der Waals surface area (Å²) in [5.41, 5.74) is 2.32. The van der Waals surface area contributed by atoms with E-state index < -0.39 is 6.10 Å². The summed E-state index contributed by atoms with van der Waals surface area (Å²) in [5, 5.41) is 5.55. The maximum Gasteiger partial charge on any atom is 0.319 e. The summed E-state index contributed by atoms with van der Waals surface area (Å²) >= 11 is 0. The first-order chi connectivity index (χ1) is 11.5. The molecule has 0 saturated heterocycles. The zero-order chi connectivity index (χ0) is 17.1. The first kappa shape index (κ1) is 15.9. The second kappa shape index (κ2) is 6.62. The van der Waals surface area contributed by atoms with Gasteiger partial charge in [0.25, 0.3) is 5.91 Å². The van der Waals surface area contributed by atoms with Crippen molar-refractivity contribution in [2.75, 3.05) is 17.3 Å². The molecule has 2 N–H and O–H groups in total. The van der Waals surface area contributed by atoms with Gasteiger partial charge in [0.05, 0.1) is 5.69 Å². The first-order valence-electron chi connectivity index (χ1n) is 7.71. The lowest BCUT2D eigenvalue weighted by Gasteiger charge is -2.30. The fourth-order valence-electron chi connectivity index (χ4n) is 2.55. The summed E-state index contributed by atoms with van der Waals surface area (Å²) in [6, 6.07) is 14.5. The van der Waals surface area contributed by atoms with Crippen LogP contribution in [-0.2, 0) is 11.3 Å². The van der Waals surface area contributed by atoms with E-state index in [1.807, 2.05) is 48.5 Å². The third-order valence-corrected chi connectivity index (χ3v) is 3.85. The monoisotopic (exact) mass is 325 g/mol. The van der Waals surface area contributed by atoms with Crippen LogP contribution in [0.1, 0.15) is 12.5 Å². The van der Waals surface area contributed by atoms with Gasteiger partial charge in [0.1, 0.15) is 5.75 Å². The zero-order valence-corrected chi connectivity index (χ0v) is 13.6. The molecule has 0 aliphatic carbocycles. The van der Waals surface area contributed by atoms with E-state index in [1.165, 1.54) is 0 Å². The largest absolute Gasteiger partial charge is 0.479 e. The Bertz CT molecular complexity index is 761. The van der Waals surface area contributed by atoms with Crippen LogP contribution in [-0.4, -0.2) is 25.1 Å². The highest BCUT2D eigenvalue weighted by Gasteiger charge is 2.28. The van der Waals surface area contributed by atoms with E-state index in [0.717, 1.165) is 11.3 Å². The van der Waals surface area contributed by atoms with Crippen molar-refractivity contribution in [2.45, 2.75) is 19.6 Å². The Kier molecular flexibility index (Phi) is 4.37. The predicted octanol–water partition coefficient (Wildman–Crippen LogP) is 2.75. The molecule has 0 radical (unpaired) electrons. The summed E-state index contributed by atoms with van der Waals surface area (Å²) in [6.07, 6.45) is -0.483. The fourth-order valence-corrected chi connectivity index (χ4v) is 2.55. The number of nitrogens with zero attached hydrogens (tertiary/aromatic N) is 1. The number of hydrogen-bond acceptors (Lipinski definition) is 3. The molecule has 0 saturated carbocycles. The second-order valence-electron chi connectivity index (χ2n) is 5.63. The number of urea groups is 1. The lowest BCUT2D eigenvalue weighted by Crippen LogP contribution is -2.42. The smallest absolute Gasteiger partial charge is 0.319 e.